The Bertz CT molecular complexity index is 1020. The molecule has 3 heterocycles. The highest BCUT2D eigenvalue weighted by Crippen LogP contribution is 2.45. The Morgan fingerprint density at radius 1 is 1.36 bits per heavy atom. The lowest BCUT2D eigenvalue weighted by Gasteiger charge is -2.49. The molecule has 148 valence electrons. The van der Waals surface area contributed by atoms with E-state index in [9.17, 15) is 18.3 Å². The maximum Gasteiger partial charge on any atom is 0.316 e. The van der Waals surface area contributed by atoms with Crippen LogP contribution in [0, 0.1) is 12.8 Å². The fraction of sp³-hybridized carbons (Fsp3) is 0.421. The summed E-state index contributed by atoms with van der Waals surface area (Å²) in [5.74, 6) is -0.428. The third-order valence-electron chi connectivity index (χ3n) is 5.58. The molecular formula is C19H21N3O5S. The highest BCUT2D eigenvalue weighted by Gasteiger charge is 2.62. The minimum Gasteiger partial charge on any atom is -0.508 e. The van der Waals surface area contributed by atoms with Crippen molar-refractivity contribution in [1.82, 2.24) is 14.9 Å². The van der Waals surface area contributed by atoms with Crippen LogP contribution in [0.5, 0.6) is 11.8 Å². The minimum absolute atomic E-state index is 0.000921. The van der Waals surface area contributed by atoms with E-state index in [4.69, 9.17) is 4.74 Å². The summed E-state index contributed by atoms with van der Waals surface area (Å²) < 4.78 is 30.2. The molecular weight excluding hydrogens is 382 g/mol. The van der Waals surface area contributed by atoms with Crippen molar-refractivity contribution in [3.8, 4) is 11.8 Å². The Morgan fingerprint density at radius 2 is 2.14 bits per heavy atom. The molecule has 28 heavy (non-hydrogen) atoms. The van der Waals surface area contributed by atoms with Crippen LogP contribution in [0.1, 0.15) is 22.5 Å². The summed E-state index contributed by atoms with van der Waals surface area (Å²) in [6.07, 6.45) is 2.08. The number of likely N-dealkylation sites (tertiary alicyclic amines) is 1. The van der Waals surface area contributed by atoms with E-state index >= 15 is 0 Å². The summed E-state index contributed by atoms with van der Waals surface area (Å²) in [5, 5.41) is 9.57. The number of aryl methyl sites for hydroxylation is 1. The van der Waals surface area contributed by atoms with Crippen LogP contribution >= 0.6 is 0 Å². The van der Waals surface area contributed by atoms with Gasteiger partial charge in [-0.05, 0) is 37.6 Å². The number of aromatic hydroxyl groups is 1. The molecule has 1 spiro atoms. The molecule has 9 heteroatoms. The number of phenolic OH excluding ortho intramolecular Hbond substituents is 1. The molecule has 2 aromatic rings. The molecule has 1 amide bonds. The van der Waals surface area contributed by atoms with Crippen molar-refractivity contribution < 1.29 is 23.1 Å². The molecule has 1 aromatic heterocycles. The standard InChI is InChI=1S/C19H21N3O5S/c1-13-5-7-20-18(21-13)27-10-15-6-8-28(25,26)19(15)11-22(12-19)17(24)14-3-2-4-16(23)9-14/h2-5,7,9,15,23H,6,8,10-12H2,1H3/t15-/m1/s1. The van der Waals surface area contributed by atoms with Crippen LogP contribution in [0.4, 0.5) is 0 Å². The normalized spacial score (nSPS) is 22.0. The number of carbonyl (C=O) groups excluding carboxylic acids is 1. The number of hydrogen-bond acceptors (Lipinski definition) is 7. The zero-order chi connectivity index (χ0) is 19.9. The van der Waals surface area contributed by atoms with Gasteiger partial charge in [0.25, 0.3) is 5.91 Å². The third kappa shape index (κ3) is 3.09. The molecule has 8 nitrogen and oxygen atoms in total. The first-order chi connectivity index (χ1) is 13.3. The molecule has 1 aromatic carbocycles. The number of benzene rings is 1. The van der Waals surface area contributed by atoms with Gasteiger partial charge in [-0.25, -0.2) is 18.4 Å². The Balaban J connectivity index is 1.48. The second kappa shape index (κ2) is 6.73. The van der Waals surface area contributed by atoms with Crippen molar-refractivity contribution in [3.05, 3.63) is 47.8 Å². The van der Waals surface area contributed by atoms with E-state index < -0.39 is 14.6 Å². The van der Waals surface area contributed by atoms with E-state index in [1.165, 1.54) is 17.0 Å². The van der Waals surface area contributed by atoms with Crippen molar-refractivity contribution in [2.75, 3.05) is 25.4 Å². The molecule has 2 aliphatic heterocycles. The molecule has 0 radical (unpaired) electrons. The molecule has 2 fully saturated rings. The number of aromatic nitrogens is 2. The maximum atomic E-state index is 12.7. The van der Waals surface area contributed by atoms with Crippen LogP contribution in [0.25, 0.3) is 0 Å². The SMILES string of the molecule is Cc1ccnc(OC[C@H]2CCS(=O)(=O)C23CN(C(=O)c2cccc(O)c2)C3)n1. The van der Waals surface area contributed by atoms with Crippen LogP contribution in [0.15, 0.2) is 36.5 Å². The van der Waals surface area contributed by atoms with Crippen LogP contribution in [0.3, 0.4) is 0 Å². The van der Waals surface area contributed by atoms with Gasteiger partial charge in [-0.1, -0.05) is 6.07 Å². The lowest BCUT2D eigenvalue weighted by Crippen LogP contribution is -2.68. The molecule has 0 unspecified atom stereocenters. The van der Waals surface area contributed by atoms with Gasteiger partial charge in [0.15, 0.2) is 9.84 Å². The van der Waals surface area contributed by atoms with Crippen LogP contribution in [0.2, 0.25) is 0 Å². The lowest BCUT2D eigenvalue weighted by atomic mass is 9.83. The zero-order valence-electron chi connectivity index (χ0n) is 15.4. The minimum atomic E-state index is -3.33. The monoisotopic (exact) mass is 403 g/mol. The maximum absolute atomic E-state index is 12.7. The van der Waals surface area contributed by atoms with Crippen molar-refractivity contribution in [3.63, 3.8) is 0 Å². The van der Waals surface area contributed by atoms with E-state index in [0.717, 1.165) is 5.69 Å². The summed E-state index contributed by atoms with van der Waals surface area (Å²) in [6.45, 7) is 2.28. The Kier molecular flexibility index (Phi) is 4.49. The lowest BCUT2D eigenvalue weighted by molar-refractivity contribution is 0.0403. The molecule has 1 N–H and O–H groups in total. The second-order valence-electron chi connectivity index (χ2n) is 7.37. The van der Waals surface area contributed by atoms with Gasteiger partial charge in [-0.15, -0.1) is 0 Å². The number of phenols is 1. The van der Waals surface area contributed by atoms with Gasteiger partial charge >= 0.3 is 6.01 Å². The summed E-state index contributed by atoms with van der Waals surface area (Å²) in [4.78, 5) is 22.4. The van der Waals surface area contributed by atoms with Gasteiger partial charge in [0.1, 0.15) is 10.5 Å². The summed E-state index contributed by atoms with van der Waals surface area (Å²) in [7, 11) is -3.33. The van der Waals surface area contributed by atoms with Crippen molar-refractivity contribution in [2.24, 2.45) is 5.92 Å². The summed E-state index contributed by atoms with van der Waals surface area (Å²) >= 11 is 0. The van der Waals surface area contributed by atoms with Gasteiger partial charge in [0, 0.05) is 36.5 Å². The summed E-state index contributed by atoms with van der Waals surface area (Å²) in [6, 6.07) is 8.04. The molecule has 0 saturated carbocycles. The summed E-state index contributed by atoms with van der Waals surface area (Å²) in [5.41, 5.74) is 1.11. The van der Waals surface area contributed by atoms with Crippen LogP contribution in [-0.2, 0) is 9.84 Å². The Morgan fingerprint density at radius 3 is 2.86 bits per heavy atom. The number of hydrogen-bond donors (Lipinski definition) is 1. The quantitative estimate of drug-likeness (QED) is 0.817. The largest absolute Gasteiger partial charge is 0.508 e. The first kappa shape index (κ1) is 18.7. The van der Waals surface area contributed by atoms with Crippen molar-refractivity contribution >= 4 is 15.7 Å². The van der Waals surface area contributed by atoms with E-state index in [1.54, 1.807) is 24.4 Å². The smallest absolute Gasteiger partial charge is 0.316 e. The molecule has 2 aliphatic rings. The average molecular weight is 403 g/mol. The number of rotatable bonds is 4. The fourth-order valence-electron chi connectivity index (χ4n) is 3.94. The van der Waals surface area contributed by atoms with Crippen molar-refractivity contribution in [2.45, 2.75) is 18.1 Å². The first-order valence-electron chi connectivity index (χ1n) is 9.04. The van der Waals surface area contributed by atoms with E-state index in [0.29, 0.717) is 12.0 Å². The number of amides is 1. The number of ether oxygens (including phenoxy) is 1. The van der Waals surface area contributed by atoms with Gasteiger partial charge in [-0.3, -0.25) is 4.79 Å². The van der Waals surface area contributed by atoms with Crippen LogP contribution < -0.4 is 4.74 Å². The fourth-order valence-corrected chi connectivity index (χ4v) is 6.34. The number of nitrogens with zero attached hydrogens (tertiary/aromatic N) is 3. The van der Waals surface area contributed by atoms with Gasteiger partial charge in [0.2, 0.25) is 0 Å². The molecule has 0 aliphatic carbocycles. The average Bonchev–Trinajstić information content (AvgIpc) is 2.88. The highest BCUT2D eigenvalue weighted by molar-refractivity contribution is 7.93. The predicted molar refractivity (Wildman–Crippen MR) is 101 cm³/mol. The Labute approximate surface area is 163 Å². The highest BCUT2D eigenvalue weighted by atomic mass is 32.2. The third-order valence-corrected chi connectivity index (χ3v) is 8.19. The first-order valence-corrected chi connectivity index (χ1v) is 10.7. The molecule has 4 rings (SSSR count). The van der Waals surface area contributed by atoms with Crippen LogP contribution in [-0.4, -0.2) is 64.5 Å². The van der Waals surface area contributed by atoms with Gasteiger partial charge in [-0.2, -0.15) is 0 Å². The topological polar surface area (TPSA) is 110 Å². The van der Waals surface area contributed by atoms with Gasteiger partial charge < -0.3 is 14.7 Å². The number of sulfone groups is 1. The van der Waals surface area contributed by atoms with E-state index in [1.807, 2.05) is 6.92 Å². The number of carbonyl (C=O) groups is 1. The van der Waals surface area contributed by atoms with E-state index in [-0.39, 0.29) is 49.0 Å². The van der Waals surface area contributed by atoms with E-state index in [2.05, 4.69) is 9.97 Å². The van der Waals surface area contributed by atoms with Crippen molar-refractivity contribution in [1.29, 1.82) is 0 Å². The predicted octanol–water partition coefficient (Wildman–Crippen LogP) is 1.20. The van der Waals surface area contributed by atoms with Gasteiger partial charge in [0.05, 0.1) is 12.4 Å². The second-order valence-corrected chi connectivity index (χ2v) is 9.82. The zero-order valence-corrected chi connectivity index (χ0v) is 16.2. The molecule has 1 atom stereocenters. The molecule has 2 saturated heterocycles. The Hall–Kier alpha value is -2.68. The molecule has 0 bridgehead atoms.